The summed E-state index contributed by atoms with van der Waals surface area (Å²) in [5.74, 6) is -1.42. The molecule has 1 rings (SSSR count). The molecule has 7 nitrogen and oxygen atoms in total. The average molecular weight is 227 g/mol. The lowest BCUT2D eigenvalue weighted by Crippen LogP contribution is -2.35. The Morgan fingerprint density at radius 1 is 1.56 bits per heavy atom. The summed E-state index contributed by atoms with van der Waals surface area (Å²) in [6, 6.07) is -0.898. The van der Waals surface area contributed by atoms with Crippen LogP contribution in [0.5, 0.6) is 0 Å². The second-order valence-electron chi connectivity index (χ2n) is 3.10. The third-order valence-electron chi connectivity index (χ3n) is 1.80. The zero-order chi connectivity index (χ0) is 12.0. The highest BCUT2D eigenvalue weighted by Gasteiger charge is 2.19. The van der Waals surface area contributed by atoms with Crippen LogP contribution in [0.1, 0.15) is 19.0 Å². The van der Waals surface area contributed by atoms with Crippen LogP contribution in [0.3, 0.4) is 0 Å². The molecule has 0 fully saturated rings. The topological polar surface area (TPSA) is 107 Å². The fraction of sp³-hybridized carbons (Fsp3) is 0.444. The van der Waals surface area contributed by atoms with E-state index in [0.717, 1.165) is 0 Å². The Morgan fingerprint density at radius 2 is 2.31 bits per heavy atom. The van der Waals surface area contributed by atoms with Crippen LogP contribution in [0.15, 0.2) is 12.5 Å². The molecule has 1 unspecified atom stereocenters. The number of aromatic amines is 1. The molecular formula is C9H13N3O4. The molecule has 0 amide bonds. The number of carbonyl (C=O) groups excluding carboxylic acids is 2. The van der Waals surface area contributed by atoms with Gasteiger partial charge < -0.3 is 10.7 Å². The number of rotatable bonds is 4. The minimum Gasteiger partial charge on any atom is -0.348 e. The highest BCUT2D eigenvalue weighted by atomic mass is 17.2. The van der Waals surface area contributed by atoms with E-state index in [0.29, 0.717) is 5.69 Å². The van der Waals surface area contributed by atoms with Gasteiger partial charge in [-0.25, -0.2) is 24.3 Å². The first-order valence-electron chi connectivity index (χ1n) is 4.77. The number of nitrogens with two attached hydrogens (primary N) is 1. The molecule has 88 valence electrons. The van der Waals surface area contributed by atoms with Crippen LogP contribution in [0.25, 0.3) is 0 Å². The van der Waals surface area contributed by atoms with E-state index in [2.05, 4.69) is 19.7 Å². The van der Waals surface area contributed by atoms with Crippen LogP contribution in [0, 0.1) is 0 Å². The van der Waals surface area contributed by atoms with Gasteiger partial charge in [0.15, 0.2) is 0 Å². The third kappa shape index (κ3) is 3.70. The lowest BCUT2D eigenvalue weighted by atomic mass is 10.2. The largest absolute Gasteiger partial charge is 0.372 e. The summed E-state index contributed by atoms with van der Waals surface area (Å²) in [4.78, 5) is 37.0. The summed E-state index contributed by atoms with van der Waals surface area (Å²) in [6.07, 6.45) is 3.39. The normalized spacial score (nSPS) is 11.9. The summed E-state index contributed by atoms with van der Waals surface area (Å²) in [5, 5.41) is 0. The van der Waals surface area contributed by atoms with E-state index in [1.165, 1.54) is 6.33 Å². The monoisotopic (exact) mass is 227 g/mol. The van der Waals surface area contributed by atoms with E-state index in [1.54, 1.807) is 13.1 Å². The van der Waals surface area contributed by atoms with Crippen molar-refractivity contribution in [3.63, 3.8) is 0 Å². The number of hydrogen-bond donors (Lipinski definition) is 2. The van der Waals surface area contributed by atoms with Gasteiger partial charge in [0.05, 0.1) is 6.33 Å². The molecule has 7 heteroatoms. The van der Waals surface area contributed by atoms with Crippen molar-refractivity contribution in [2.75, 3.05) is 0 Å². The number of hydrogen-bond acceptors (Lipinski definition) is 6. The van der Waals surface area contributed by atoms with E-state index in [4.69, 9.17) is 5.73 Å². The predicted octanol–water partition coefficient (Wildman–Crippen LogP) is -0.309. The first-order valence-corrected chi connectivity index (χ1v) is 4.77. The van der Waals surface area contributed by atoms with Crippen LogP contribution in [-0.4, -0.2) is 27.9 Å². The molecule has 1 aromatic heterocycles. The van der Waals surface area contributed by atoms with Gasteiger partial charge >= 0.3 is 11.9 Å². The molecule has 0 spiro atoms. The van der Waals surface area contributed by atoms with Crippen molar-refractivity contribution < 1.29 is 19.4 Å². The quantitative estimate of drug-likeness (QED) is 0.539. The standard InChI is InChI=1S/C9H13N3O4/c1-2-8(13)15-16-9(14)7(10)3-6-4-11-5-12-6/h4-5,7H,2-3,10H2,1H3,(H,11,12). The second-order valence-corrected chi connectivity index (χ2v) is 3.10. The van der Waals surface area contributed by atoms with Gasteiger partial charge in [0.25, 0.3) is 0 Å². The molecule has 1 aromatic rings. The van der Waals surface area contributed by atoms with Gasteiger partial charge in [-0.15, -0.1) is 0 Å². The highest BCUT2D eigenvalue weighted by Crippen LogP contribution is 1.99. The number of carbonyl (C=O) groups is 2. The number of imidazole rings is 1. The summed E-state index contributed by atoms with van der Waals surface area (Å²) in [6.45, 7) is 1.58. The molecule has 0 aliphatic heterocycles. The minimum absolute atomic E-state index is 0.128. The SMILES string of the molecule is CCC(=O)OOC(=O)C(N)Cc1cnc[nH]1. The van der Waals surface area contributed by atoms with E-state index in [-0.39, 0.29) is 12.8 Å². The molecule has 0 aromatic carbocycles. The highest BCUT2D eigenvalue weighted by molar-refractivity contribution is 5.76. The maximum Gasteiger partial charge on any atom is 0.372 e. The molecule has 0 radical (unpaired) electrons. The molecule has 0 bridgehead atoms. The first kappa shape index (κ1) is 12.2. The number of aromatic nitrogens is 2. The molecule has 0 saturated carbocycles. The van der Waals surface area contributed by atoms with Gasteiger partial charge in [-0.2, -0.15) is 0 Å². The van der Waals surface area contributed by atoms with Gasteiger partial charge in [0.1, 0.15) is 6.04 Å². The molecule has 0 aliphatic rings. The third-order valence-corrected chi connectivity index (χ3v) is 1.80. The Balaban J connectivity index is 2.33. The van der Waals surface area contributed by atoms with Crippen LogP contribution in [0.2, 0.25) is 0 Å². The van der Waals surface area contributed by atoms with Crippen LogP contribution >= 0.6 is 0 Å². The van der Waals surface area contributed by atoms with Crippen molar-refractivity contribution in [3.8, 4) is 0 Å². The zero-order valence-electron chi connectivity index (χ0n) is 8.80. The van der Waals surface area contributed by atoms with E-state index in [9.17, 15) is 9.59 Å². The average Bonchev–Trinajstić information content (AvgIpc) is 2.77. The molecule has 1 atom stereocenters. The van der Waals surface area contributed by atoms with Crippen LogP contribution in [0.4, 0.5) is 0 Å². The van der Waals surface area contributed by atoms with Crippen molar-refractivity contribution in [3.05, 3.63) is 18.2 Å². The smallest absolute Gasteiger partial charge is 0.348 e. The molecular weight excluding hydrogens is 214 g/mol. The van der Waals surface area contributed by atoms with Gasteiger partial charge in [0, 0.05) is 24.7 Å². The Morgan fingerprint density at radius 3 is 2.88 bits per heavy atom. The first-order chi connectivity index (χ1) is 7.63. The number of H-pyrrole nitrogens is 1. The summed E-state index contributed by atoms with van der Waals surface area (Å²) < 4.78 is 0. The fourth-order valence-corrected chi connectivity index (χ4v) is 0.925. The van der Waals surface area contributed by atoms with Gasteiger partial charge in [0.2, 0.25) is 0 Å². The van der Waals surface area contributed by atoms with Gasteiger partial charge in [-0.1, -0.05) is 6.92 Å². The summed E-state index contributed by atoms with van der Waals surface area (Å²) in [7, 11) is 0. The summed E-state index contributed by atoms with van der Waals surface area (Å²) in [5.41, 5.74) is 6.22. The Bertz CT molecular complexity index is 350. The Labute approximate surface area is 91.9 Å². The predicted molar refractivity (Wildman–Crippen MR) is 52.7 cm³/mol. The lowest BCUT2D eigenvalue weighted by Gasteiger charge is -2.07. The molecule has 16 heavy (non-hydrogen) atoms. The zero-order valence-corrected chi connectivity index (χ0v) is 8.80. The molecule has 0 aliphatic carbocycles. The minimum atomic E-state index is -0.898. The maximum atomic E-state index is 11.2. The Kier molecular flexibility index (Phi) is 4.46. The van der Waals surface area contributed by atoms with Crippen molar-refractivity contribution >= 4 is 11.9 Å². The van der Waals surface area contributed by atoms with Crippen molar-refractivity contribution in [2.24, 2.45) is 5.73 Å². The Hall–Kier alpha value is -1.89. The number of nitrogens with zero attached hydrogens (tertiary/aromatic N) is 1. The van der Waals surface area contributed by atoms with E-state index < -0.39 is 18.0 Å². The van der Waals surface area contributed by atoms with Crippen LogP contribution in [-0.2, 0) is 25.8 Å². The fourth-order valence-electron chi connectivity index (χ4n) is 0.925. The van der Waals surface area contributed by atoms with Crippen molar-refractivity contribution in [1.82, 2.24) is 9.97 Å². The van der Waals surface area contributed by atoms with Crippen molar-refractivity contribution in [2.45, 2.75) is 25.8 Å². The summed E-state index contributed by atoms with van der Waals surface area (Å²) >= 11 is 0. The molecule has 3 N–H and O–H groups in total. The molecule has 1 heterocycles. The van der Waals surface area contributed by atoms with E-state index in [1.807, 2.05) is 0 Å². The second kappa shape index (κ2) is 5.86. The molecule has 0 saturated heterocycles. The van der Waals surface area contributed by atoms with Crippen LogP contribution < -0.4 is 5.73 Å². The van der Waals surface area contributed by atoms with Gasteiger partial charge in [-0.3, -0.25) is 0 Å². The van der Waals surface area contributed by atoms with E-state index >= 15 is 0 Å². The number of nitrogens with one attached hydrogen (secondary N) is 1. The lowest BCUT2D eigenvalue weighted by molar-refractivity contribution is -0.259. The van der Waals surface area contributed by atoms with Crippen molar-refractivity contribution in [1.29, 1.82) is 0 Å². The van der Waals surface area contributed by atoms with Gasteiger partial charge in [-0.05, 0) is 0 Å². The maximum absolute atomic E-state index is 11.2.